The molecule has 0 amide bonds. The summed E-state index contributed by atoms with van der Waals surface area (Å²) in [4.78, 5) is 0. The molecule has 0 bridgehead atoms. The van der Waals surface area contributed by atoms with Gasteiger partial charge in [-0.1, -0.05) is 0 Å². The SMILES string of the molecule is C[C@@H]1O[C@@](C)(O)[C@@H](C)O[C@@]1(C)O. The Balaban J connectivity index is 2.76. The second kappa shape index (κ2) is 2.67. The van der Waals surface area contributed by atoms with Crippen molar-refractivity contribution in [3.63, 3.8) is 0 Å². The average Bonchev–Trinajstić information content (AvgIpc) is 1.82. The van der Waals surface area contributed by atoms with Gasteiger partial charge in [0.2, 0.25) is 0 Å². The van der Waals surface area contributed by atoms with E-state index >= 15 is 0 Å². The molecule has 0 aromatic rings. The zero-order valence-electron chi connectivity index (χ0n) is 7.87. The maximum absolute atomic E-state index is 9.59. The minimum absolute atomic E-state index is 0.538. The molecule has 1 rings (SSSR count). The molecule has 1 aliphatic heterocycles. The second-order valence-corrected chi connectivity index (χ2v) is 3.63. The molecule has 0 aromatic heterocycles. The quantitative estimate of drug-likeness (QED) is 0.554. The smallest absolute Gasteiger partial charge is 0.189 e. The van der Waals surface area contributed by atoms with Crippen LogP contribution in [0.25, 0.3) is 0 Å². The Morgan fingerprint density at radius 1 is 0.917 bits per heavy atom. The standard InChI is InChI=1S/C8H16O4/c1-5-7(3,9)12-6(2)8(4,10)11-5/h5-6,9-10H,1-4H3/t5-,6+,7-,8-/m1/s1. The van der Waals surface area contributed by atoms with Crippen molar-refractivity contribution in [3.05, 3.63) is 0 Å². The van der Waals surface area contributed by atoms with Gasteiger partial charge in [-0.2, -0.15) is 0 Å². The highest BCUT2D eigenvalue weighted by Gasteiger charge is 2.47. The van der Waals surface area contributed by atoms with Crippen LogP contribution in [0.1, 0.15) is 27.7 Å². The van der Waals surface area contributed by atoms with Gasteiger partial charge in [-0.05, 0) is 27.7 Å². The predicted molar refractivity (Wildman–Crippen MR) is 42.3 cm³/mol. The van der Waals surface area contributed by atoms with Crippen LogP contribution in [0.5, 0.6) is 0 Å². The Labute approximate surface area is 72.1 Å². The molecule has 1 fully saturated rings. The van der Waals surface area contributed by atoms with E-state index in [1.165, 1.54) is 13.8 Å². The van der Waals surface area contributed by atoms with Gasteiger partial charge in [0.1, 0.15) is 12.2 Å². The fraction of sp³-hybridized carbons (Fsp3) is 1.00. The van der Waals surface area contributed by atoms with Crippen LogP contribution < -0.4 is 0 Å². The van der Waals surface area contributed by atoms with Gasteiger partial charge in [0.25, 0.3) is 0 Å². The summed E-state index contributed by atoms with van der Waals surface area (Å²) in [7, 11) is 0. The van der Waals surface area contributed by atoms with Gasteiger partial charge in [0, 0.05) is 0 Å². The van der Waals surface area contributed by atoms with E-state index in [0.717, 1.165) is 0 Å². The van der Waals surface area contributed by atoms with Crippen molar-refractivity contribution in [3.8, 4) is 0 Å². The van der Waals surface area contributed by atoms with Crippen molar-refractivity contribution in [1.82, 2.24) is 0 Å². The Morgan fingerprint density at radius 2 is 1.17 bits per heavy atom. The molecule has 4 atom stereocenters. The van der Waals surface area contributed by atoms with Gasteiger partial charge in [0.15, 0.2) is 11.6 Å². The number of rotatable bonds is 0. The van der Waals surface area contributed by atoms with Crippen molar-refractivity contribution in [1.29, 1.82) is 0 Å². The minimum Gasteiger partial charge on any atom is -0.364 e. The Bertz CT molecular complexity index is 156. The van der Waals surface area contributed by atoms with Crippen molar-refractivity contribution >= 4 is 0 Å². The van der Waals surface area contributed by atoms with Crippen LogP contribution in [-0.2, 0) is 9.47 Å². The van der Waals surface area contributed by atoms with E-state index in [-0.39, 0.29) is 0 Å². The first-order chi connectivity index (χ1) is 5.26. The highest BCUT2D eigenvalue weighted by atomic mass is 16.7. The van der Waals surface area contributed by atoms with Crippen molar-refractivity contribution in [2.24, 2.45) is 0 Å². The van der Waals surface area contributed by atoms with Crippen molar-refractivity contribution in [2.45, 2.75) is 51.5 Å². The lowest BCUT2D eigenvalue weighted by molar-refractivity contribution is -0.406. The molecular weight excluding hydrogens is 160 g/mol. The van der Waals surface area contributed by atoms with E-state index in [9.17, 15) is 10.2 Å². The van der Waals surface area contributed by atoms with Gasteiger partial charge in [-0.3, -0.25) is 0 Å². The van der Waals surface area contributed by atoms with Crippen molar-refractivity contribution < 1.29 is 19.7 Å². The molecule has 1 saturated heterocycles. The molecule has 0 unspecified atom stereocenters. The number of ether oxygens (including phenoxy) is 2. The Hall–Kier alpha value is -0.160. The van der Waals surface area contributed by atoms with Crippen LogP contribution in [0.2, 0.25) is 0 Å². The molecule has 72 valence electrons. The van der Waals surface area contributed by atoms with Gasteiger partial charge >= 0.3 is 0 Å². The lowest BCUT2D eigenvalue weighted by atomic mass is 10.1. The molecular formula is C8H16O4. The first-order valence-electron chi connectivity index (χ1n) is 4.06. The summed E-state index contributed by atoms with van der Waals surface area (Å²) in [6.45, 7) is 6.34. The van der Waals surface area contributed by atoms with E-state index in [2.05, 4.69) is 0 Å². The molecule has 0 spiro atoms. The normalized spacial score (nSPS) is 55.5. The molecule has 4 nitrogen and oxygen atoms in total. The summed E-state index contributed by atoms with van der Waals surface area (Å²) < 4.78 is 10.4. The van der Waals surface area contributed by atoms with Crippen LogP contribution in [0.15, 0.2) is 0 Å². The molecule has 2 N–H and O–H groups in total. The summed E-state index contributed by atoms with van der Waals surface area (Å²) in [6, 6.07) is 0. The molecule has 0 aromatic carbocycles. The Morgan fingerprint density at radius 3 is 1.42 bits per heavy atom. The molecule has 0 radical (unpaired) electrons. The molecule has 0 saturated carbocycles. The maximum atomic E-state index is 9.59. The largest absolute Gasteiger partial charge is 0.364 e. The zero-order chi connectivity index (χ0) is 9.57. The molecule has 0 aliphatic carbocycles. The molecule has 1 heterocycles. The van der Waals surface area contributed by atoms with Gasteiger partial charge in [-0.15, -0.1) is 0 Å². The summed E-state index contributed by atoms with van der Waals surface area (Å²) in [5.74, 6) is -2.64. The third-order valence-electron chi connectivity index (χ3n) is 2.34. The fourth-order valence-electron chi connectivity index (χ4n) is 1.13. The summed E-state index contributed by atoms with van der Waals surface area (Å²) in [6.07, 6.45) is -1.08. The minimum atomic E-state index is -1.32. The highest BCUT2D eigenvalue weighted by Crippen LogP contribution is 2.31. The summed E-state index contributed by atoms with van der Waals surface area (Å²) in [5, 5.41) is 19.2. The topological polar surface area (TPSA) is 58.9 Å². The molecule has 12 heavy (non-hydrogen) atoms. The van der Waals surface area contributed by atoms with E-state index < -0.39 is 23.8 Å². The summed E-state index contributed by atoms with van der Waals surface area (Å²) in [5.41, 5.74) is 0. The first kappa shape index (κ1) is 9.92. The predicted octanol–water partition coefficient (Wildman–Crippen LogP) is 0.227. The first-order valence-corrected chi connectivity index (χ1v) is 4.06. The number of hydrogen-bond acceptors (Lipinski definition) is 4. The lowest BCUT2D eigenvalue weighted by Gasteiger charge is -2.46. The lowest BCUT2D eigenvalue weighted by Crippen LogP contribution is -2.59. The van der Waals surface area contributed by atoms with Crippen LogP contribution >= 0.6 is 0 Å². The molecule has 1 aliphatic rings. The van der Waals surface area contributed by atoms with Gasteiger partial charge < -0.3 is 19.7 Å². The Kier molecular flexibility index (Phi) is 2.21. The monoisotopic (exact) mass is 176 g/mol. The van der Waals surface area contributed by atoms with Crippen molar-refractivity contribution in [2.75, 3.05) is 0 Å². The zero-order valence-corrected chi connectivity index (χ0v) is 7.87. The average molecular weight is 176 g/mol. The van der Waals surface area contributed by atoms with E-state index in [0.29, 0.717) is 0 Å². The fourth-order valence-corrected chi connectivity index (χ4v) is 1.13. The molecule has 4 heteroatoms. The number of aliphatic hydroxyl groups is 2. The van der Waals surface area contributed by atoms with E-state index in [4.69, 9.17) is 9.47 Å². The third kappa shape index (κ3) is 1.61. The van der Waals surface area contributed by atoms with Crippen LogP contribution in [0, 0.1) is 0 Å². The third-order valence-corrected chi connectivity index (χ3v) is 2.34. The van der Waals surface area contributed by atoms with Crippen LogP contribution in [-0.4, -0.2) is 34.0 Å². The van der Waals surface area contributed by atoms with Gasteiger partial charge in [0.05, 0.1) is 0 Å². The second-order valence-electron chi connectivity index (χ2n) is 3.63. The summed E-state index contributed by atoms with van der Waals surface area (Å²) >= 11 is 0. The van der Waals surface area contributed by atoms with E-state index in [1.807, 2.05) is 0 Å². The van der Waals surface area contributed by atoms with Gasteiger partial charge in [-0.25, -0.2) is 0 Å². The van der Waals surface area contributed by atoms with E-state index in [1.54, 1.807) is 13.8 Å². The number of hydrogen-bond donors (Lipinski definition) is 2. The van der Waals surface area contributed by atoms with Crippen LogP contribution in [0.3, 0.4) is 0 Å². The maximum Gasteiger partial charge on any atom is 0.189 e. The van der Waals surface area contributed by atoms with Crippen LogP contribution in [0.4, 0.5) is 0 Å². The highest BCUT2D eigenvalue weighted by molar-refractivity contribution is 4.83.